The number of aldehydes is 1. The van der Waals surface area contributed by atoms with Gasteiger partial charge in [-0.25, -0.2) is 0 Å². The molecule has 2 fully saturated rings. The van der Waals surface area contributed by atoms with Crippen LogP contribution in [0.15, 0.2) is 0 Å². The van der Waals surface area contributed by atoms with Crippen molar-refractivity contribution in [3.63, 3.8) is 0 Å². The molecule has 2 rings (SSSR count). The third-order valence-electron chi connectivity index (χ3n) is 3.12. The molecule has 2 heterocycles. The first kappa shape index (κ1) is 21.5. The summed E-state index contributed by atoms with van der Waals surface area (Å²) in [6.45, 7) is 4.87. The summed E-state index contributed by atoms with van der Waals surface area (Å²) in [5.41, 5.74) is 0. The lowest BCUT2D eigenvalue weighted by Gasteiger charge is -2.25. The maximum atomic E-state index is 10.8. The Morgan fingerprint density at radius 3 is 2.22 bits per heavy atom. The van der Waals surface area contributed by atoms with Gasteiger partial charge >= 0.3 is 0 Å². The molecule has 8 nitrogen and oxygen atoms in total. The maximum Gasteiger partial charge on any atom is 0.234 e. The summed E-state index contributed by atoms with van der Waals surface area (Å²) in [7, 11) is 3.15. The molecule has 134 valence electrons. The van der Waals surface area contributed by atoms with Crippen LogP contribution in [0.1, 0.15) is 19.3 Å². The molecule has 2 saturated heterocycles. The number of hydrogen-bond donors (Lipinski definition) is 2. The van der Waals surface area contributed by atoms with Crippen LogP contribution in [0.5, 0.6) is 0 Å². The number of carbonyl (C=O) groups is 3. The second-order valence-electron chi connectivity index (χ2n) is 5.05. The summed E-state index contributed by atoms with van der Waals surface area (Å²) >= 11 is 0. The van der Waals surface area contributed by atoms with E-state index in [1.807, 2.05) is 0 Å². The van der Waals surface area contributed by atoms with E-state index < -0.39 is 0 Å². The number of ether oxygens (including phenoxy) is 2. The molecule has 23 heavy (non-hydrogen) atoms. The number of piperidine rings is 1. The van der Waals surface area contributed by atoms with E-state index in [4.69, 9.17) is 4.74 Å². The first-order valence-corrected chi connectivity index (χ1v) is 7.81. The van der Waals surface area contributed by atoms with Gasteiger partial charge in [0.15, 0.2) is 0 Å². The van der Waals surface area contributed by atoms with Crippen molar-refractivity contribution in [1.82, 2.24) is 15.5 Å². The van der Waals surface area contributed by atoms with Crippen molar-refractivity contribution in [1.29, 1.82) is 0 Å². The molecule has 0 unspecified atom stereocenters. The largest absolute Gasteiger partial charge is 0.383 e. The molecule has 0 aromatic heterocycles. The van der Waals surface area contributed by atoms with E-state index in [9.17, 15) is 14.4 Å². The summed E-state index contributed by atoms with van der Waals surface area (Å²) in [4.78, 5) is 32.6. The minimum Gasteiger partial charge on any atom is -0.383 e. The van der Waals surface area contributed by atoms with Crippen LogP contribution in [0.25, 0.3) is 0 Å². The standard InChI is InChI=1S/C7H14N2O2.C5H9NO.C3H6O2/c1-11-5-4-9-3-2-8-7(10)6-9;7-5-3-1-2-4-6-5;1-5-3-2-4/h2-6H2,1H3,(H,8,10);1-4H2,(H,6,7);2H,3H2,1H3. The van der Waals surface area contributed by atoms with Crippen LogP contribution < -0.4 is 10.6 Å². The van der Waals surface area contributed by atoms with Crippen molar-refractivity contribution in [3.8, 4) is 0 Å². The van der Waals surface area contributed by atoms with Crippen LogP contribution in [0.3, 0.4) is 0 Å². The number of amides is 2. The fourth-order valence-corrected chi connectivity index (χ4v) is 1.90. The van der Waals surface area contributed by atoms with E-state index in [-0.39, 0.29) is 18.4 Å². The third kappa shape index (κ3) is 13.8. The summed E-state index contributed by atoms with van der Waals surface area (Å²) in [6.07, 6.45) is 3.68. The maximum absolute atomic E-state index is 10.8. The summed E-state index contributed by atoms with van der Waals surface area (Å²) in [5, 5.41) is 5.51. The topological polar surface area (TPSA) is 97.0 Å². The molecule has 0 aromatic rings. The highest BCUT2D eigenvalue weighted by atomic mass is 16.5. The van der Waals surface area contributed by atoms with Crippen molar-refractivity contribution < 1.29 is 23.9 Å². The van der Waals surface area contributed by atoms with Crippen molar-refractivity contribution in [2.24, 2.45) is 0 Å². The number of methoxy groups -OCH3 is 2. The Hall–Kier alpha value is -1.51. The summed E-state index contributed by atoms with van der Waals surface area (Å²) in [6, 6.07) is 0. The molecule has 2 aliphatic heterocycles. The molecular weight excluding hydrogens is 302 g/mol. The van der Waals surface area contributed by atoms with Crippen LogP contribution >= 0.6 is 0 Å². The number of piperazine rings is 1. The molecule has 2 N–H and O–H groups in total. The van der Waals surface area contributed by atoms with Gasteiger partial charge < -0.3 is 24.9 Å². The van der Waals surface area contributed by atoms with E-state index in [2.05, 4.69) is 20.3 Å². The number of carbonyl (C=O) groups excluding carboxylic acids is 3. The van der Waals surface area contributed by atoms with Gasteiger partial charge in [0.25, 0.3) is 0 Å². The lowest BCUT2D eigenvalue weighted by molar-refractivity contribution is -0.124. The average Bonchev–Trinajstić information content (AvgIpc) is 2.56. The molecule has 0 atom stereocenters. The molecule has 2 aliphatic rings. The number of hydrogen-bond acceptors (Lipinski definition) is 6. The Morgan fingerprint density at radius 1 is 1.09 bits per heavy atom. The molecule has 0 saturated carbocycles. The summed E-state index contributed by atoms with van der Waals surface area (Å²) in [5.74, 6) is 0.332. The smallest absolute Gasteiger partial charge is 0.234 e. The molecule has 0 spiro atoms. The molecule has 2 amide bonds. The van der Waals surface area contributed by atoms with Crippen LogP contribution in [-0.2, 0) is 23.9 Å². The lowest BCUT2D eigenvalue weighted by atomic mass is 10.2. The molecule has 0 aromatic carbocycles. The number of nitrogens with zero attached hydrogens (tertiary/aromatic N) is 1. The molecule has 8 heteroatoms. The SMILES string of the molecule is COCC=O.COCCN1CCNC(=O)C1.O=C1CCCCN1. The zero-order chi connectivity index (χ0) is 17.3. The van der Waals surface area contributed by atoms with Gasteiger partial charge in [-0.3, -0.25) is 14.5 Å². The fourth-order valence-electron chi connectivity index (χ4n) is 1.90. The molecule has 0 bridgehead atoms. The van der Waals surface area contributed by atoms with Gasteiger partial charge in [0, 0.05) is 46.8 Å². The monoisotopic (exact) mass is 331 g/mol. The Bertz CT molecular complexity index is 331. The number of rotatable bonds is 5. The predicted molar refractivity (Wildman–Crippen MR) is 86.1 cm³/mol. The normalized spacial score (nSPS) is 17.7. The first-order chi connectivity index (χ1) is 11.1. The molecule has 0 aliphatic carbocycles. The van der Waals surface area contributed by atoms with Crippen molar-refractivity contribution in [2.75, 3.05) is 60.2 Å². The van der Waals surface area contributed by atoms with Crippen LogP contribution in [0, 0.1) is 0 Å². The predicted octanol–water partition coefficient (Wildman–Crippen LogP) is -0.817. The van der Waals surface area contributed by atoms with E-state index in [0.29, 0.717) is 19.4 Å². The average molecular weight is 331 g/mol. The van der Waals surface area contributed by atoms with Gasteiger partial charge in [0.2, 0.25) is 11.8 Å². The van der Waals surface area contributed by atoms with Gasteiger partial charge in [0.05, 0.1) is 13.2 Å². The Labute approximate surface area is 137 Å². The number of nitrogens with one attached hydrogen (secondary N) is 2. The van der Waals surface area contributed by atoms with Crippen LogP contribution in [0.4, 0.5) is 0 Å². The molecular formula is C15H29N3O5. The van der Waals surface area contributed by atoms with Crippen LogP contribution in [-0.4, -0.2) is 83.2 Å². The van der Waals surface area contributed by atoms with E-state index >= 15 is 0 Å². The quantitative estimate of drug-likeness (QED) is 0.639. The minimum atomic E-state index is 0.118. The summed E-state index contributed by atoms with van der Waals surface area (Å²) < 4.78 is 9.23. The second-order valence-corrected chi connectivity index (χ2v) is 5.05. The zero-order valence-corrected chi connectivity index (χ0v) is 14.1. The second kappa shape index (κ2) is 15.4. The van der Waals surface area contributed by atoms with E-state index in [0.717, 1.165) is 45.4 Å². The lowest BCUT2D eigenvalue weighted by Crippen LogP contribution is -2.48. The van der Waals surface area contributed by atoms with Gasteiger partial charge in [0.1, 0.15) is 12.9 Å². The van der Waals surface area contributed by atoms with Crippen molar-refractivity contribution >= 4 is 18.1 Å². The highest BCUT2D eigenvalue weighted by Gasteiger charge is 2.14. The van der Waals surface area contributed by atoms with Crippen molar-refractivity contribution in [3.05, 3.63) is 0 Å². The highest BCUT2D eigenvalue weighted by molar-refractivity contribution is 5.78. The van der Waals surface area contributed by atoms with Gasteiger partial charge in [-0.05, 0) is 12.8 Å². The highest BCUT2D eigenvalue weighted by Crippen LogP contribution is 1.98. The van der Waals surface area contributed by atoms with Gasteiger partial charge in [-0.15, -0.1) is 0 Å². The minimum absolute atomic E-state index is 0.118. The Balaban J connectivity index is 0.000000347. The Kier molecular flexibility index (Phi) is 14.4. The third-order valence-corrected chi connectivity index (χ3v) is 3.12. The van der Waals surface area contributed by atoms with E-state index in [1.54, 1.807) is 7.11 Å². The first-order valence-electron chi connectivity index (χ1n) is 7.81. The van der Waals surface area contributed by atoms with Crippen LogP contribution in [0.2, 0.25) is 0 Å². The zero-order valence-electron chi connectivity index (χ0n) is 14.1. The van der Waals surface area contributed by atoms with Crippen molar-refractivity contribution in [2.45, 2.75) is 19.3 Å². The molecule has 0 radical (unpaired) electrons. The van der Waals surface area contributed by atoms with E-state index in [1.165, 1.54) is 7.11 Å². The van der Waals surface area contributed by atoms with Gasteiger partial charge in [-0.1, -0.05) is 0 Å². The Morgan fingerprint density at radius 2 is 1.83 bits per heavy atom. The van der Waals surface area contributed by atoms with Gasteiger partial charge in [-0.2, -0.15) is 0 Å². The fraction of sp³-hybridized carbons (Fsp3) is 0.800.